The Bertz CT molecular complexity index is 264. The first-order chi connectivity index (χ1) is 7.43. The van der Waals surface area contributed by atoms with Gasteiger partial charge in [-0.25, -0.2) is 0 Å². The number of hydrogen-bond acceptors (Lipinski definition) is 1. The minimum atomic E-state index is 0.800. The van der Waals surface area contributed by atoms with E-state index in [-0.39, 0.29) is 0 Å². The van der Waals surface area contributed by atoms with Crippen molar-refractivity contribution in [2.45, 2.75) is 32.1 Å². The quantitative estimate of drug-likeness (QED) is 0.534. The van der Waals surface area contributed by atoms with Crippen molar-refractivity contribution in [3.05, 3.63) is 48.0 Å². The van der Waals surface area contributed by atoms with E-state index in [2.05, 4.69) is 42.5 Å². The van der Waals surface area contributed by atoms with Gasteiger partial charge in [0, 0.05) is 0 Å². The maximum absolute atomic E-state index is 5.41. The summed E-state index contributed by atoms with van der Waals surface area (Å²) in [5.41, 5.74) is 6.85. The van der Waals surface area contributed by atoms with Gasteiger partial charge in [0.05, 0.1) is 0 Å². The average molecular weight is 203 g/mol. The van der Waals surface area contributed by atoms with E-state index in [1.807, 2.05) is 0 Å². The molecule has 1 nitrogen and oxygen atoms in total. The number of hydrogen-bond donors (Lipinski definition) is 1. The highest BCUT2D eigenvalue weighted by molar-refractivity contribution is 5.14. The van der Waals surface area contributed by atoms with E-state index < -0.39 is 0 Å². The molecule has 2 N–H and O–H groups in total. The second-order valence-electron chi connectivity index (χ2n) is 3.78. The molecule has 0 amide bonds. The number of unbranched alkanes of at least 4 members (excludes halogenated alkanes) is 2. The van der Waals surface area contributed by atoms with Gasteiger partial charge in [-0.1, -0.05) is 42.5 Å². The summed E-state index contributed by atoms with van der Waals surface area (Å²) in [6.07, 6.45) is 10.4. The number of rotatable bonds is 7. The molecule has 0 saturated carbocycles. The third-order valence-electron chi connectivity index (χ3n) is 2.42. The summed E-state index contributed by atoms with van der Waals surface area (Å²) >= 11 is 0. The molecule has 0 heterocycles. The fraction of sp³-hybridized carbons (Fsp3) is 0.429. The van der Waals surface area contributed by atoms with Crippen molar-refractivity contribution in [3.63, 3.8) is 0 Å². The lowest BCUT2D eigenvalue weighted by Crippen LogP contribution is -1.96. The lowest BCUT2D eigenvalue weighted by Gasteiger charge is -1.98. The minimum absolute atomic E-state index is 0.800. The topological polar surface area (TPSA) is 26.0 Å². The van der Waals surface area contributed by atoms with Gasteiger partial charge in [0.1, 0.15) is 0 Å². The summed E-state index contributed by atoms with van der Waals surface area (Å²) in [5, 5.41) is 0. The summed E-state index contributed by atoms with van der Waals surface area (Å²) in [7, 11) is 0. The third-order valence-corrected chi connectivity index (χ3v) is 2.42. The number of benzene rings is 1. The number of aryl methyl sites for hydroxylation is 1. The molecular formula is C14H21N. The van der Waals surface area contributed by atoms with Crippen LogP contribution < -0.4 is 5.73 Å². The molecule has 0 radical (unpaired) electrons. The molecule has 1 rings (SSSR count). The summed E-state index contributed by atoms with van der Waals surface area (Å²) in [4.78, 5) is 0. The van der Waals surface area contributed by atoms with E-state index >= 15 is 0 Å². The van der Waals surface area contributed by atoms with Crippen molar-refractivity contribution in [2.24, 2.45) is 5.73 Å². The standard InChI is InChI=1S/C14H21N/c15-13-9-4-2-1-3-6-10-14-11-7-5-8-12-14/h1-2,5,7-8,11-12H,3-4,6,9-10,13,15H2/b2-1+. The Morgan fingerprint density at radius 3 is 2.27 bits per heavy atom. The van der Waals surface area contributed by atoms with Crippen LogP contribution in [0.1, 0.15) is 31.2 Å². The zero-order chi connectivity index (χ0) is 10.8. The van der Waals surface area contributed by atoms with Gasteiger partial charge < -0.3 is 5.73 Å². The van der Waals surface area contributed by atoms with Crippen LogP contribution in [0.5, 0.6) is 0 Å². The monoisotopic (exact) mass is 203 g/mol. The van der Waals surface area contributed by atoms with Crippen molar-refractivity contribution in [3.8, 4) is 0 Å². The highest BCUT2D eigenvalue weighted by Gasteiger charge is 1.89. The van der Waals surface area contributed by atoms with Crippen LogP contribution >= 0.6 is 0 Å². The normalized spacial score (nSPS) is 11.0. The molecule has 1 aromatic rings. The van der Waals surface area contributed by atoms with Gasteiger partial charge in [-0.15, -0.1) is 0 Å². The zero-order valence-electron chi connectivity index (χ0n) is 9.36. The zero-order valence-corrected chi connectivity index (χ0v) is 9.36. The molecule has 0 atom stereocenters. The largest absolute Gasteiger partial charge is 0.330 e. The lowest BCUT2D eigenvalue weighted by molar-refractivity contribution is 0.824. The molecule has 0 aromatic heterocycles. The summed E-state index contributed by atoms with van der Waals surface area (Å²) < 4.78 is 0. The molecule has 15 heavy (non-hydrogen) atoms. The van der Waals surface area contributed by atoms with Gasteiger partial charge in [-0.05, 0) is 44.2 Å². The summed E-state index contributed by atoms with van der Waals surface area (Å²) in [5.74, 6) is 0. The van der Waals surface area contributed by atoms with E-state index in [9.17, 15) is 0 Å². The highest BCUT2D eigenvalue weighted by atomic mass is 14.5. The lowest BCUT2D eigenvalue weighted by atomic mass is 10.1. The van der Waals surface area contributed by atoms with E-state index in [0.717, 1.165) is 19.4 Å². The summed E-state index contributed by atoms with van der Waals surface area (Å²) in [6, 6.07) is 10.7. The third kappa shape index (κ3) is 6.08. The second kappa shape index (κ2) is 8.25. The van der Waals surface area contributed by atoms with Gasteiger partial charge in [0.15, 0.2) is 0 Å². The molecule has 1 heteroatoms. The molecule has 0 aliphatic carbocycles. The second-order valence-corrected chi connectivity index (χ2v) is 3.78. The molecule has 1 aromatic carbocycles. The Morgan fingerprint density at radius 2 is 1.60 bits per heavy atom. The van der Waals surface area contributed by atoms with Gasteiger partial charge in [-0.2, -0.15) is 0 Å². The summed E-state index contributed by atoms with van der Waals surface area (Å²) in [6.45, 7) is 0.800. The van der Waals surface area contributed by atoms with Crippen molar-refractivity contribution < 1.29 is 0 Å². The van der Waals surface area contributed by atoms with E-state index in [0.29, 0.717) is 0 Å². The van der Waals surface area contributed by atoms with Crippen molar-refractivity contribution in [1.82, 2.24) is 0 Å². The fourth-order valence-corrected chi connectivity index (χ4v) is 1.54. The molecular weight excluding hydrogens is 182 g/mol. The fourth-order valence-electron chi connectivity index (χ4n) is 1.54. The van der Waals surface area contributed by atoms with Gasteiger partial charge >= 0.3 is 0 Å². The van der Waals surface area contributed by atoms with Crippen LogP contribution in [0.4, 0.5) is 0 Å². The van der Waals surface area contributed by atoms with Gasteiger partial charge in [0.2, 0.25) is 0 Å². The molecule has 0 aliphatic rings. The average Bonchev–Trinajstić information content (AvgIpc) is 2.29. The molecule has 0 unspecified atom stereocenters. The van der Waals surface area contributed by atoms with Crippen LogP contribution in [0.3, 0.4) is 0 Å². The predicted molar refractivity (Wildman–Crippen MR) is 66.8 cm³/mol. The van der Waals surface area contributed by atoms with Crippen LogP contribution in [0, 0.1) is 0 Å². The molecule has 0 saturated heterocycles. The first-order valence-electron chi connectivity index (χ1n) is 5.82. The minimum Gasteiger partial charge on any atom is -0.330 e. The van der Waals surface area contributed by atoms with Crippen LogP contribution in [0.15, 0.2) is 42.5 Å². The Morgan fingerprint density at radius 1 is 0.933 bits per heavy atom. The van der Waals surface area contributed by atoms with E-state index in [1.165, 1.54) is 24.8 Å². The SMILES string of the molecule is NCCC/C=C/CCCc1ccccc1. The van der Waals surface area contributed by atoms with Gasteiger partial charge in [0.25, 0.3) is 0 Å². The Hall–Kier alpha value is -1.08. The predicted octanol–water partition coefficient (Wildman–Crippen LogP) is 3.30. The first kappa shape index (κ1) is 12.0. The van der Waals surface area contributed by atoms with Crippen molar-refractivity contribution in [2.75, 3.05) is 6.54 Å². The Labute approximate surface area is 93.0 Å². The molecule has 0 spiro atoms. The van der Waals surface area contributed by atoms with Crippen LogP contribution in [-0.4, -0.2) is 6.54 Å². The number of nitrogens with two attached hydrogens (primary N) is 1. The maximum Gasteiger partial charge on any atom is -0.00743 e. The molecule has 0 bridgehead atoms. The molecule has 0 aliphatic heterocycles. The highest BCUT2D eigenvalue weighted by Crippen LogP contribution is 2.05. The van der Waals surface area contributed by atoms with Crippen LogP contribution in [0.25, 0.3) is 0 Å². The van der Waals surface area contributed by atoms with E-state index in [4.69, 9.17) is 5.73 Å². The smallest absolute Gasteiger partial charge is 0.00743 e. The van der Waals surface area contributed by atoms with Gasteiger partial charge in [-0.3, -0.25) is 0 Å². The first-order valence-corrected chi connectivity index (χ1v) is 5.82. The van der Waals surface area contributed by atoms with Crippen molar-refractivity contribution >= 4 is 0 Å². The molecule has 0 fully saturated rings. The number of allylic oxidation sites excluding steroid dienone is 2. The Kier molecular flexibility index (Phi) is 6.59. The maximum atomic E-state index is 5.41. The van der Waals surface area contributed by atoms with Crippen molar-refractivity contribution in [1.29, 1.82) is 0 Å². The molecule has 82 valence electrons. The van der Waals surface area contributed by atoms with Crippen LogP contribution in [-0.2, 0) is 6.42 Å². The van der Waals surface area contributed by atoms with E-state index in [1.54, 1.807) is 0 Å². The van der Waals surface area contributed by atoms with Crippen LogP contribution in [0.2, 0.25) is 0 Å². The Balaban J connectivity index is 2.04.